The molecule has 0 bridgehead atoms. The minimum Gasteiger partial charge on any atom is -0.399 e. The van der Waals surface area contributed by atoms with Gasteiger partial charge in [0, 0.05) is 24.2 Å². The summed E-state index contributed by atoms with van der Waals surface area (Å²) in [5.41, 5.74) is 9.50. The molecule has 2 aromatic carbocycles. The summed E-state index contributed by atoms with van der Waals surface area (Å²) in [5, 5.41) is 0. The highest BCUT2D eigenvalue weighted by Crippen LogP contribution is 2.34. The molecule has 104 valence electrons. The van der Waals surface area contributed by atoms with Crippen molar-refractivity contribution in [2.75, 3.05) is 12.3 Å². The van der Waals surface area contributed by atoms with Crippen LogP contribution >= 0.6 is 0 Å². The van der Waals surface area contributed by atoms with E-state index in [2.05, 4.69) is 54.3 Å². The van der Waals surface area contributed by atoms with Gasteiger partial charge >= 0.3 is 0 Å². The zero-order chi connectivity index (χ0) is 13.9. The summed E-state index contributed by atoms with van der Waals surface area (Å²) < 4.78 is 0. The molecule has 1 aliphatic rings. The number of anilines is 1. The zero-order valence-corrected chi connectivity index (χ0v) is 12.0. The van der Waals surface area contributed by atoms with E-state index in [1.54, 1.807) is 0 Å². The Morgan fingerprint density at radius 2 is 1.90 bits per heavy atom. The van der Waals surface area contributed by atoms with Crippen LogP contribution in [-0.4, -0.2) is 17.5 Å². The van der Waals surface area contributed by atoms with Gasteiger partial charge in [-0.3, -0.25) is 4.90 Å². The maximum Gasteiger partial charge on any atom is 0.0317 e. The van der Waals surface area contributed by atoms with Gasteiger partial charge in [0.05, 0.1) is 0 Å². The fourth-order valence-electron chi connectivity index (χ4n) is 3.30. The first-order valence-corrected chi connectivity index (χ1v) is 7.37. The van der Waals surface area contributed by atoms with E-state index in [0.717, 1.165) is 18.8 Å². The smallest absolute Gasteiger partial charge is 0.0317 e. The summed E-state index contributed by atoms with van der Waals surface area (Å²) >= 11 is 0. The predicted octanol–water partition coefficient (Wildman–Crippen LogP) is 3.65. The molecule has 0 amide bonds. The molecule has 0 saturated carbocycles. The van der Waals surface area contributed by atoms with Gasteiger partial charge in [0.25, 0.3) is 0 Å². The lowest BCUT2D eigenvalue weighted by Crippen LogP contribution is -2.28. The Bertz CT molecular complexity index is 565. The molecule has 2 heteroatoms. The van der Waals surface area contributed by atoms with Crippen LogP contribution in [0.15, 0.2) is 54.6 Å². The van der Waals surface area contributed by atoms with E-state index in [4.69, 9.17) is 5.73 Å². The fourth-order valence-corrected chi connectivity index (χ4v) is 3.30. The molecule has 0 aliphatic carbocycles. The van der Waals surface area contributed by atoms with Crippen molar-refractivity contribution in [2.45, 2.75) is 31.8 Å². The SMILES string of the molecule is CC1C(c2ccccc2)CCN1Cc1cccc(N)c1. The Labute approximate surface area is 121 Å². The van der Waals surface area contributed by atoms with E-state index in [-0.39, 0.29) is 0 Å². The highest BCUT2D eigenvalue weighted by atomic mass is 15.2. The molecule has 1 heterocycles. The van der Waals surface area contributed by atoms with Crippen molar-refractivity contribution >= 4 is 5.69 Å². The van der Waals surface area contributed by atoms with Gasteiger partial charge in [-0.05, 0) is 43.1 Å². The summed E-state index contributed by atoms with van der Waals surface area (Å²) in [7, 11) is 0. The largest absolute Gasteiger partial charge is 0.399 e. The lowest BCUT2D eigenvalue weighted by atomic mass is 9.93. The second-order valence-corrected chi connectivity index (χ2v) is 5.76. The summed E-state index contributed by atoms with van der Waals surface area (Å²) in [6.07, 6.45) is 1.24. The number of nitrogens with two attached hydrogens (primary N) is 1. The molecule has 2 nitrogen and oxygen atoms in total. The lowest BCUT2D eigenvalue weighted by Gasteiger charge is -2.25. The Balaban J connectivity index is 1.71. The number of hydrogen-bond acceptors (Lipinski definition) is 2. The molecule has 1 fully saturated rings. The van der Waals surface area contributed by atoms with Crippen molar-refractivity contribution in [3.05, 3.63) is 65.7 Å². The normalized spacial score (nSPS) is 23.1. The van der Waals surface area contributed by atoms with Gasteiger partial charge in [0.15, 0.2) is 0 Å². The minimum atomic E-state index is 0.582. The average molecular weight is 266 g/mol. The Morgan fingerprint density at radius 3 is 2.65 bits per heavy atom. The van der Waals surface area contributed by atoms with Gasteiger partial charge < -0.3 is 5.73 Å². The molecule has 1 saturated heterocycles. The van der Waals surface area contributed by atoms with Crippen molar-refractivity contribution in [1.29, 1.82) is 0 Å². The Morgan fingerprint density at radius 1 is 1.10 bits per heavy atom. The standard InChI is InChI=1S/C18H22N2/c1-14-18(16-7-3-2-4-8-16)10-11-20(14)13-15-6-5-9-17(19)12-15/h2-9,12,14,18H,10-11,13,19H2,1H3. The van der Waals surface area contributed by atoms with E-state index in [0.29, 0.717) is 12.0 Å². The van der Waals surface area contributed by atoms with E-state index >= 15 is 0 Å². The van der Waals surface area contributed by atoms with Gasteiger partial charge in [0.1, 0.15) is 0 Å². The molecule has 2 aromatic rings. The van der Waals surface area contributed by atoms with Crippen LogP contribution in [0.3, 0.4) is 0 Å². The van der Waals surface area contributed by atoms with Crippen LogP contribution < -0.4 is 5.73 Å². The van der Waals surface area contributed by atoms with Crippen LogP contribution in [0.4, 0.5) is 5.69 Å². The zero-order valence-electron chi connectivity index (χ0n) is 12.0. The molecule has 2 unspecified atom stereocenters. The number of hydrogen-bond donors (Lipinski definition) is 1. The second kappa shape index (κ2) is 5.68. The van der Waals surface area contributed by atoms with Crippen molar-refractivity contribution in [2.24, 2.45) is 0 Å². The third kappa shape index (κ3) is 2.70. The third-order valence-corrected chi connectivity index (χ3v) is 4.45. The molecule has 20 heavy (non-hydrogen) atoms. The molecule has 2 atom stereocenters. The van der Waals surface area contributed by atoms with Crippen molar-refractivity contribution in [3.63, 3.8) is 0 Å². The van der Waals surface area contributed by atoms with E-state index < -0.39 is 0 Å². The highest BCUT2D eigenvalue weighted by molar-refractivity contribution is 5.40. The quantitative estimate of drug-likeness (QED) is 0.859. The van der Waals surface area contributed by atoms with Crippen molar-refractivity contribution in [1.82, 2.24) is 4.90 Å². The summed E-state index contributed by atoms with van der Waals surface area (Å²) in [6.45, 7) is 4.50. The van der Waals surface area contributed by atoms with Crippen molar-refractivity contribution in [3.8, 4) is 0 Å². The monoisotopic (exact) mass is 266 g/mol. The van der Waals surface area contributed by atoms with Gasteiger partial charge in [-0.25, -0.2) is 0 Å². The minimum absolute atomic E-state index is 0.582. The van der Waals surface area contributed by atoms with Crippen LogP contribution in [0.1, 0.15) is 30.4 Å². The maximum atomic E-state index is 5.87. The first-order chi connectivity index (χ1) is 9.74. The predicted molar refractivity (Wildman–Crippen MR) is 84.5 cm³/mol. The number of likely N-dealkylation sites (tertiary alicyclic amines) is 1. The first-order valence-electron chi connectivity index (χ1n) is 7.37. The van der Waals surface area contributed by atoms with E-state index in [1.807, 2.05) is 12.1 Å². The third-order valence-electron chi connectivity index (χ3n) is 4.45. The van der Waals surface area contributed by atoms with Crippen LogP contribution in [0.5, 0.6) is 0 Å². The summed E-state index contributed by atoms with van der Waals surface area (Å²) in [6, 6.07) is 19.7. The van der Waals surface area contributed by atoms with Crippen LogP contribution in [-0.2, 0) is 6.54 Å². The van der Waals surface area contributed by atoms with Gasteiger partial charge in [-0.1, -0.05) is 42.5 Å². The van der Waals surface area contributed by atoms with E-state index in [9.17, 15) is 0 Å². The number of nitrogen functional groups attached to an aromatic ring is 1. The molecule has 1 aliphatic heterocycles. The lowest BCUT2D eigenvalue weighted by molar-refractivity contribution is 0.251. The van der Waals surface area contributed by atoms with Gasteiger partial charge in [-0.15, -0.1) is 0 Å². The molecule has 0 spiro atoms. The fraction of sp³-hybridized carbons (Fsp3) is 0.333. The van der Waals surface area contributed by atoms with Crippen LogP contribution in [0.25, 0.3) is 0 Å². The molecule has 0 radical (unpaired) electrons. The van der Waals surface area contributed by atoms with Crippen molar-refractivity contribution < 1.29 is 0 Å². The molecular formula is C18H22N2. The molecule has 2 N–H and O–H groups in total. The molecular weight excluding hydrogens is 244 g/mol. The Hall–Kier alpha value is -1.80. The maximum absolute atomic E-state index is 5.87. The Kier molecular flexibility index (Phi) is 3.75. The van der Waals surface area contributed by atoms with Crippen LogP contribution in [0, 0.1) is 0 Å². The molecule has 3 rings (SSSR count). The second-order valence-electron chi connectivity index (χ2n) is 5.76. The van der Waals surface area contributed by atoms with E-state index in [1.165, 1.54) is 17.5 Å². The van der Waals surface area contributed by atoms with Gasteiger partial charge in [0.2, 0.25) is 0 Å². The van der Waals surface area contributed by atoms with Crippen LogP contribution in [0.2, 0.25) is 0 Å². The highest BCUT2D eigenvalue weighted by Gasteiger charge is 2.31. The summed E-state index contributed by atoms with van der Waals surface area (Å²) in [4.78, 5) is 2.56. The topological polar surface area (TPSA) is 29.3 Å². The van der Waals surface area contributed by atoms with Gasteiger partial charge in [-0.2, -0.15) is 0 Å². The molecule has 0 aromatic heterocycles. The number of nitrogens with zero attached hydrogens (tertiary/aromatic N) is 1. The first kappa shape index (κ1) is 13.2. The number of benzene rings is 2. The number of rotatable bonds is 3. The summed E-state index contributed by atoms with van der Waals surface area (Å²) in [5.74, 6) is 0.650. The average Bonchev–Trinajstić information content (AvgIpc) is 2.81.